The molecule has 1 fully saturated rings. The molecule has 2 aromatic heterocycles. The summed E-state index contributed by atoms with van der Waals surface area (Å²) >= 11 is 0. The van der Waals surface area contributed by atoms with Crippen molar-refractivity contribution in [1.82, 2.24) is 19.8 Å². The minimum Gasteiger partial charge on any atom is -0.473 e. The Morgan fingerprint density at radius 2 is 2.00 bits per heavy atom. The fraction of sp³-hybridized carbons (Fsp3) is 0.583. The van der Waals surface area contributed by atoms with Crippen LogP contribution in [-0.2, 0) is 0 Å². The number of fused-ring (bicyclic) bond motifs is 1. The summed E-state index contributed by atoms with van der Waals surface area (Å²) in [6, 6.07) is 3.77. The van der Waals surface area contributed by atoms with Crippen molar-refractivity contribution in [2.24, 2.45) is 0 Å². The van der Waals surface area contributed by atoms with Crippen molar-refractivity contribution < 1.29 is 4.74 Å². The molecule has 2 aromatic rings. The average molecular weight is 232 g/mol. The number of hydrogen-bond donors (Lipinski definition) is 0. The van der Waals surface area contributed by atoms with Gasteiger partial charge in [0, 0.05) is 6.07 Å². The SMILES string of the molecule is Cc1nnc2ccc(OC3CCCCC3)nn12. The van der Waals surface area contributed by atoms with Crippen LogP contribution in [-0.4, -0.2) is 25.9 Å². The number of ether oxygens (including phenoxy) is 1. The highest BCUT2D eigenvalue weighted by molar-refractivity contribution is 5.37. The first kappa shape index (κ1) is 10.5. The summed E-state index contributed by atoms with van der Waals surface area (Å²) in [6.45, 7) is 1.89. The van der Waals surface area contributed by atoms with E-state index in [1.54, 1.807) is 4.52 Å². The zero-order valence-electron chi connectivity index (χ0n) is 9.96. The third kappa shape index (κ3) is 2.09. The first-order valence-corrected chi connectivity index (χ1v) is 6.19. The van der Waals surface area contributed by atoms with Gasteiger partial charge in [-0.2, -0.15) is 4.52 Å². The maximum atomic E-state index is 5.90. The Bertz CT molecular complexity index is 516. The maximum Gasteiger partial charge on any atom is 0.232 e. The molecule has 5 heteroatoms. The summed E-state index contributed by atoms with van der Waals surface area (Å²) in [6.07, 6.45) is 6.46. The van der Waals surface area contributed by atoms with Crippen molar-refractivity contribution in [3.63, 3.8) is 0 Å². The Morgan fingerprint density at radius 1 is 1.18 bits per heavy atom. The van der Waals surface area contributed by atoms with Crippen molar-refractivity contribution in [2.75, 3.05) is 0 Å². The van der Waals surface area contributed by atoms with E-state index >= 15 is 0 Å². The highest BCUT2D eigenvalue weighted by Crippen LogP contribution is 2.22. The van der Waals surface area contributed by atoms with E-state index in [1.165, 1.54) is 19.3 Å². The van der Waals surface area contributed by atoms with E-state index in [9.17, 15) is 0 Å². The molecule has 1 saturated carbocycles. The Morgan fingerprint density at radius 3 is 2.82 bits per heavy atom. The minimum atomic E-state index is 0.325. The molecule has 90 valence electrons. The van der Waals surface area contributed by atoms with Crippen LogP contribution >= 0.6 is 0 Å². The van der Waals surface area contributed by atoms with E-state index in [2.05, 4.69) is 15.3 Å². The normalized spacial score (nSPS) is 17.5. The standard InChI is InChI=1S/C12H16N4O/c1-9-13-14-11-7-8-12(15-16(9)11)17-10-5-3-2-4-6-10/h7-8,10H,2-6H2,1H3. The number of rotatable bonds is 2. The van der Waals surface area contributed by atoms with Crippen LogP contribution in [0, 0.1) is 6.92 Å². The molecular weight excluding hydrogens is 216 g/mol. The monoisotopic (exact) mass is 232 g/mol. The maximum absolute atomic E-state index is 5.90. The summed E-state index contributed by atoms with van der Waals surface area (Å²) < 4.78 is 7.62. The van der Waals surface area contributed by atoms with Gasteiger partial charge in [0.05, 0.1) is 0 Å². The van der Waals surface area contributed by atoms with E-state index in [-0.39, 0.29) is 0 Å². The fourth-order valence-corrected chi connectivity index (χ4v) is 2.30. The van der Waals surface area contributed by atoms with Gasteiger partial charge in [-0.15, -0.1) is 15.3 Å². The summed E-state index contributed by atoms with van der Waals surface area (Å²) in [5.74, 6) is 1.46. The predicted octanol–water partition coefficient (Wildman–Crippen LogP) is 2.14. The molecule has 5 nitrogen and oxygen atoms in total. The van der Waals surface area contributed by atoms with Crippen LogP contribution in [0.5, 0.6) is 5.88 Å². The molecule has 1 aliphatic carbocycles. The van der Waals surface area contributed by atoms with Crippen molar-refractivity contribution in [3.8, 4) is 5.88 Å². The van der Waals surface area contributed by atoms with Gasteiger partial charge < -0.3 is 4.74 Å². The average Bonchev–Trinajstić information content (AvgIpc) is 2.73. The van der Waals surface area contributed by atoms with Crippen LogP contribution in [0.25, 0.3) is 5.65 Å². The fourth-order valence-electron chi connectivity index (χ4n) is 2.30. The number of aryl methyl sites for hydroxylation is 1. The van der Waals surface area contributed by atoms with Gasteiger partial charge in [-0.05, 0) is 38.7 Å². The van der Waals surface area contributed by atoms with Crippen LogP contribution in [0.2, 0.25) is 0 Å². The molecule has 0 unspecified atom stereocenters. The van der Waals surface area contributed by atoms with Gasteiger partial charge >= 0.3 is 0 Å². The summed E-state index contributed by atoms with van der Waals surface area (Å²) in [4.78, 5) is 0. The quantitative estimate of drug-likeness (QED) is 0.796. The number of nitrogens with zero attached hydrogens (tertiary/aromatic N) is 4. The topological polar surface area (TPSA) is 52.3 Å². The summed E-state index contributed by atoms with van der Waals surface area (Å²) in [7, 11) is 0. The first-order chi connectivity index (χ1) is 8.33. The van der Waals surface area contributed by atoms with Gasteiger partial charge in [0.25, 0.3) is 0 Å². The molecule has 0 radical (unpaired) electrons. The van der Waals surface area contributed by atoms with Crippen molar-refractivity contribution in [2.45, 2.75) is 45.1 Å². The molecule has 3 rings (SSSR count). The number of aromatic nitrogens is 4. The van der Waals surface area contributed by atoms with Crippen molar-refractivity contribution in [1.29, 1.82) is 0 Å². The van der Waals surface area contributed by atoms with E-state index < -0.39 is 0 Å². The van der Waals surface area contributed by atoms with E-state index in [4.69, 9.17) is 4.74 Å². The minimum absolute atomic E-state index is 0.325. The van der Waals surface area contributed by atoms with Gasteiger partial charge in [-0.1, -0.05) is 6.42 Å². The van der Waals surface area contributed by atoms with Crippen LogP contribution in [0.15, 0.2) is 12.1 Å². The van der Waals surface area contributed by atoms with Gasteiger partial charge in [-0.3, -0.25) is 0 Å². The Labute approximate surface area is 99.8 Å². The molecule has 0 bridgehead atoms. The lowest BCUT2D eigenvalue weighted by Crippen LogP contribution is -2.20. The van der Waals surface area contributed by atoms with Gasteiger partial charge in [0.1, 0.15) is 6.10 Å². The molecule has 0 saturated heterocycles. The van der Waals surface area contributed by atoms with E-state index in [1.807, 2.05) is 19.1 Å². The van der Waals surface area contributed by atoms with E-state index in [0.717, 1.165) is 24.3 Å². The Kier molecular flexibility index (Phi) is 2.66. The lowest BCUT2D eigenvalue weighted by molar-refractivity contribution is 0.146. The molecule has 0 atom stereocenters. The lowest BCUT2D eigenvalue weighted by Gasteiger charge is -2.22. The summed E-state index contributed by atoms with van der Waals surface area (Å²) in [5, 5.41) is 12.4. The van der Waals surface area contributed by atoms with E-state index in [0.29, 0.717) is 12.0 Å². The van der Waals surface area contributed by atoms with Crippen molar-refractivity contribution in [3.05, 3.63) is 18.0 Å². The molecule has 0 aromatic carbocycles. The van der Waals surface area contributed by atoms with Crippen LogP contribution in [0.3, 0.4) is 0 Å². The Balaban J connectivity index is 1.82. The van der Waals surface area contributed by atoms with Crippen LogP contribution < -0.4 is 4.74 Å². The second kappa shape index (κ2) is 4.31. The van der Waals surface area contributed by atoms with Crippen LogP contribution in [0.1, 0.15) is 37.9 Å². The van der Waals surface area contributed by atoms with Gasteiger partial charge in [0.2, 0.25) is 5.88 Å². The lowest BCUT2D eigenvalue weighted by atomic mass is 9.98. The molecule has 1 aliphatic rings. The second-order valence-corrected chi connectivity index (χ2v) is 4.57. The highest BCUT2D eigenvalue weighted by Gasteiger charge is 2.15. The van der Waals surface area contributed by atoms with Crippen molar-refractivity contribution >= 4 is 5.65 Å². The summed E-state index contributed by atoms with van der Waals surface area (Å²) in [5.41, 5.74) is 0.762. The molecular formula is C12H16N4O. The molecule has 0 aliphatic heterocycles. The zero-order valence-corrected chi connectivity index (χ0v) is 9.96. The van der Waals surface area contributed by atoms with Crippen LogP contribution in [0.4, 0.5) is 0 Å². The molecule has 0 spiro atoms. The Hall–Kier alpha value is -1.65. The van der Waals surface area contributed by atoms with Gasteiger partial charge in [-0.25, -0.2) is 0 Å². The second-order valence-electron chi connectivity index (χ2n) is 4.57. The first-order valence-electron chi connectivity index (χ1n) is 6.19. The number of hydrogen-bond acceptors (Lipinski definition) is 4. The third-order valence-electron chi connectivity index (χ3n) is 3.23. The zero-order chi connectivity index (χ0) is 11.7. The smallest absolute Gasteiger partial charge is 0.232 e. The predicted molar refractivity (Wildman–Crippen MR) is 63.0 cm³/mol. The molecule has 17 heavy (non-hydrogen) atoms. The molecule has 2 heterocycles. The van der Waals surface area contributed by atoms with Gasteiger partial charge in [0.15, 0.2) is 11.5 Å². The highest BCUT2D eigenvalue weighted by atomic mass is 16.5. The third-order valence-corrected chi connectivity index (χ3v) is 3.23. The molecule has 0 amide bonds. The molecule has 0 N–H and O–H groups in total. The largest absolute Gasteiger partial charge is 0.473 e.